The van der Waals surface area contributed by atoms with E-state index in [2.05, 4.69) is 16.7 Å². The molecule has 18 heavy (non-hydrogen) atoms. The molecule has 0 aromatic heterocycles. The molecule has 0 unspecified atom stereocenters. The number of nitrogens with one attached hydrogen (secondary N) is 2. The van der Waals surface area contributed by atoms with Gasteiger partial charge in [0.15, 0.2) is 0 Å². The van der Waals surface area contributed by atoms with Crippen molar-refractivity contribution < 1.29 is 4.79 Å². The number of benzene rings is 1. The van der Waals surface area contributed by atoms with Gasteiger partial charge in [-0.3, -0.25) is 4.79 Å². The third-order valence-corrected chi connectivity index (χ3v) is 3.27. The zero-order chi connectivity index (χ0) is 13.0. The summed E-state index contributed by atoms with van der Waals surface area (Å²) in [4.78, 5) is 12.1. The van der Waals surface area contributed by atoms with Crippen LogP contribution in [0.25, 0.3) is 0 Å². The summed E-state index contributed by atoms with van der Waals surface area (Å²) in [5.74, 6) is -0.0446. The Morgan fingerprint density at radius 2 is 2.33 bits per heavy atom. The summed E-state index contributed by atoms with van der Waals surface area (Å²) in [7, 11) is 0. The van der Waals surface area contributed by atoms with E-state index in [0.29, 0.717) is 11.3 Å². The van der Waals surface area contributed by atoms with E-state index in [4.69, 9.17) is 5.26 Å². The standard InChI is InChI=1S/C14H17N3O/c1-10-5-4-7-12(11(10)9-15)17-14(18)13-6-2-3-8-16-13/h4-5,7,13,16H,2-3,6,8H2,1H3,(H,17,18)/t13-/m1/s1. The monoisotopic (exact) mass is 243 g/mol. The average Bonchev–Trinajstić information content (AvgIpc) is 2.40. The molecule has 2 rings (SSSR count). The minimum absolute atomic E-state index is 0.0446. The number of anilines is 1. The molecule has 0 spiro atoms. The van der Waals surface area contributed by atoms with E-state index in [0.717, 1.165) is 31.4 Å². The molecule has 94 valence electrons. The molecule has 1 heterocycles. The number of amides is 1. The van der Waals surface area contributed by atoms with Crippen LogP contribution in [0.15, 0.2) is 18.2 Å². The molecule has 0 aliphatic carbocycles. The van der Waals surface area contributed by atoms with Crippen LogP contribution in [0.3, 0.4) is 0 Å². The number of aryl methyl sites for hydroxylation is 1. The second-order valence-corrected chi connectivity index (χ2v) is 4.60. The van der Waals surface area contributed by atoms with E-state index >= 15 is 0 Å². The Morgan fingerprint density at radius 1 is 1.50 bits per heavy atom. The van der Waals surface area contributed by atoms with Crippen LogP contribution in [-0.4, -0.2) is 18.5 Å². The fourth-order valence-corrected chi connectivity index (χ4v) is 2.22. The number of nitrogens with zero attached hydrogens (tertiary/aromatic N) is 1. The van der Waals surface area contributed by atoms with Crippen molar-refractivity contribution in [3.63, 3.8) is 0 Å². The predicted molar refractivity (Wildman–Crippen MR) is 70.2 cm³/mol. The quantitative estimate of drug-likeness (QED) is 0.834. The van der Waals surface area contributed by atoms with E-state index < -0.39 is 0 Å². The van der Waals surface area contributed by atoms with Crippen molar-refractivity contribution in [1.82, 2.24) is 5.32 Å². The summed E-state index contributed by atoms with van der Waals surface area (Å²) in [5.41, 5.74) is 2.03. The molecule has 1 fully saturated rings. The second-order valence-electron chi connectivity index (χ2n) is 4.60. The highest BCUT2D eigenvalue weighted by atomic mass is 16.2. The first kappa shape index (κ1) is 12.6. The normalized spacial score (nSPS) is 19.0. The molecule has 2 N–H and O–H groups in total. The van der Waals surface area contributed by atoms with Crippen molar-refractivity contribution >= 4 is 11.6 Å². The van der Waals surface area contributed by atoms with Gasteiger partial charge in [0.2, 0.25) is 5.91 Å². The van der Waals surface area contributed by atoms with Gasteiger partial charge in [-0.15, -0.1) is 0 Å². The van der Waals surface area contributed by atoms with E-state index in [-0.39, 0.29) is 11.9 Å². The molecule has 1 amide bonds. The highest BCUT2D eigenvalue weighted by Gasteiger charge is 2.21. The number of carbonyl (C=O) groups is 1. The maximum Gasteiger partial charge on any atom is 0.241 e. The van der Waals surface area contributed by atoms with Crippen molar-refractivity contribution in [2.45, 2.75) is 32.2 Å². The number of rotatable bonds is 2. The maximum absolute atomic E-state index is 12.1. The van der Waals surface area contributed by atoms with Gasteiger partial charge >= 0.3 is 0 Å². The van der Waals surface area contributed by atoms with Crippen molar-refractivity contribution in [2.24, 2.45) is 0 Å². The molecular formula is C14H17N3O. The lowest BCUT2D eigenvalue weighted by Crippen LogP contribution is -2.43. The van der Waals surface area contributed by atoms with Crippen molar-refractivity contribution in [2.75, 3.05) is 11.9 Å². The lowest BCUT2D eigenvalue weighted by Gasteiger charge is -2.22. The number of hydrogen-bond acceptors (Lipinski definition) is 3. The fourth-order valence-electron chi connectivity index (χ4n) is 2.22. The first-order valence-electron chi connectivity index (χ1n) is 6.26. The fraction of sp³-hybridized carbons (Fsp3) is 0.429. The SMILES string of the molecule is Cc1cccc(NC(=O)[C@H]2CCCCN2)c1C#N. The lowest BCUT2D eigenvalue weighted by molar-refractivity contribution is -0.118. The summed E-state index contributed by atoms with van der Waals surface area (Å²) in [6.45, 7) is 2.75. The molecule has 1 atom stereocenters. The lowest BCUT2D eigenvalue weighted by atomic mass is 10.0. The number of nitriles is 1. The molecule has 0 bridgehead atoms. The van der Waals surface area contributed by atoms with E-state index in [9.17, 15) is 4.79 Å². The van der Waals surface area contributed by atoms with Crippen molar-refractivity contribution in [3.05, 3.63) is 29.3 Å². The summed E-state index contributed by atoms with van der Waals surface area (Å²) in [5, 5.41) is 15.1. The molecule has 4 heteroatoms. The van der Waals surface area contributed by atoms with Crippen LogP contribution in [0.4, 0.5) is 5.69 Å². The smallest absolute Gasteiger partial charge is 0.241 e. The highest BCUT2D eigenvalue weighted by Crippen LogP contribution is 2.19. The Balaban J connectivity index is 2.12. The van der Waals surface area contributed by atoms with Crippen LogP contribution in [0, 0.1) is 18.3 Å². The van der Waals surface area contributed by atoms with Gasteiger partial charge < -0.3 is 10.6 Å². The van der Waals surface area contributed by atoms with Crippen LogP contribution in [0.2, 0.25) is 0 Å². The van der Waals surface area contributed by atoms with Gasteiger partial charge in [-0.1, -0.05) is 18.6 Å². The van der Waals surface area contributed by atoms with E-state index in [1.807, 2.05) is 19.1 Å². The second kappa shape index (κ2) is 5.65. The van der Waals surface area contributed by atoms with Crippen LogP contribution in [0.5, 0.6) is 0 Å². The van der Waals surface area contributed by atoms with E-state index in [1.165, 1.54) is 0 Å². The van der Waals surface area contributed by atoms with Crippen molar-refractivity contribution in [1.29, 1.82) is 5.26 Å². The molecule has 0 saturated carbocycles. The van der Waals surface area contributed by atoms with Crippen molar-refractivity contribution in [3.8, 4) is 6.07 Å². The minimum Gasteiger partial charge on any atom is -0.324 e. The third-order valence-electron chi connectivity index (χ3n) is 3.27. The topological polar surface area (TPSA) is 64.9 Å². The molecule has 1 saturated heterocycles. The minimum atomic E-state index is -0.134. The Hall–Kier alpha value is -1.86. The first-order valence-corrected chi connectivity index (χ1v) is 6.26. The van der Waals surface area contributed by atoms with Gasteiger partial charge in [-0.2, -0.15) is 5.26 Å². The van der Waals surface area contributed by atoms with Crippen LogP contribution in [0.1, 0.15) is 30.4 Å². The summed E-state index contributed by atoms with van der Waals surface area (Å²) >= 11 is 0. The van der Waals surface area contributed by atoms with Gasteiger partial charge in [0, 0.05) is 0 Å². The summed E-state index contributed by atoms with van der Waals surface area (Å²) in [6.07, 6.45) is 3.06. The molecule has 1 aromatic rings. The highest BCUT2D eigenvalue weighted by molar-refractivity contribution is 5.96. The zero-order valence-corrected chi connectivity index (χ0v) is 10.5. The zero-order valence-electron chi connectivity index (χ0n) is 10.5. The van der Waals surface area contributed by atoms with Gasteiger partial charge in [0.25, 0.3) is 0 Å². The maximum atomic E-state index is 12.1. The first-order chi connectivity index (χ1) is 8.72. The van der Waals surface area contributed by atoms with Gasteiger partial charge in [0.1, 0.15) is 6.07 Å². The molecule has 1 aromatic carbocycles. The molecule has 1 aliphatic heterocycles. The van der Waals surface area contributed by atoms with E-state index in [1.54, 1.807) is 6.07 Å². The van der Waals surface area contributed by atoms with Gasteiger partial charge in [-0.05, 0) is 37.9 Å². The Kier molecular flexibility index (Phi) is 3.96. The average molecular weight is 243 g/mol. The summed E-state index contributed by atoms with van der Waals surface area (Å²) < 4.78 is 0. The number of hydrogen-bond donors (Lipinski definition) is 2. The Morgan fingerprint density at radius 3 is 3.00 bits per heavy atom. The number of piperidine rings is 1. The molecule has 4 nitrogen and oxygen atoms in total. The number of carbonyl (C=O) groups excluding carboxylic acids is 1. The Labute approximate surface area is 107 Å². The predicted octanol–water partition coefficient (Wildman–Crippen LogP) is 1.95. The van der Waals surface area contributed by atoms with Crippen LogP contribution >= 0.6 is 0 Å². The Bertz CT molecular complexity index is 484. The largest absolute Gasteiger partial charge is 0.324 e. The van der Waals surface area contributed by atoms with Crippen LogP contribution in [-0.2, 0) is 4.79 Å². The summed E-state index contributed by atoms with van der Waals surface area (Å²) in [6, 6.07) is 7.49. The molecule has 1 aliphatic rings. The van der Waals surface area contributed by atoms with Gasteiger partial charge in [-0.25, -0.2) is 0 Å². The van der Waals surface area contributed by atoms with Crippen LogP contribution < -0.4 is 10.6 Å². The molecule has 0 radical (unpaired) electrons. The van der Waals surface area contributed by atoms with Gasteiger partial charge in [0.05, 0.1) is 17.3 Å². The third kappa shape index (κ3) is 2.69. The molecular weight excluding hydrogens is 226 g/mol.